The third-order valence-electron chi connectivity index (χ3n) is 7.59. The van der Waals surface area contributed by atoms with Crippen LogP contribution in [0.15, 0.2) is 18.2 Å². The molecule has 0 bridgehead atoms. The number of halogens is 5. The average molecular weight is 562 g/mol. The molecule has 0 amide bonds. The number of anilines is 1. The highest BCUT2D eigenvalue weighted by atomic mass is 35.5. The smallest absolute Gasteiger partial charge is 0.418 e. The van der Waals surface area contributed by atoms with Gasteiger partial charge in [0, 0.05) is 35.8 Å². The molecule has 1 N–H and O–H groups in total. The van der Waals surface area contributed by atoms with Crippen LogP contribution in [-0.4, -0.2) is 70.8 Å². The van der Waals surface area contributed by atoms with Gasteiger partial charge in [-0.1, -0.05) is 16.7 Å². The van der Waals surface area contributed by atoms with Crippen molar-refractivity contribution in [3.05, 3.63) is 44.6 Å². The zero-order valence-corrected chi connectivity index (χ0v) is 21.3. The van der Waals surface area contributed by atoms with Crippen LogP contribution in [0, 0.1) is 23.0 Å². The Labute approximate surface area is 221 Å². The van der Waals surface area contributed by atoms with Crippen LogP contribution < -0.4 is 10.1 Å². The van der Waals surface area contributed by atoms with E-state index in [4.69, 9.17) is 21.1 Å². The summed E-state index contributed by atoms with van der Waals surface area (Å²) in [4.78, 5) is 13.2. The molecule has 2 aliphatic heterocycles. The monoisotopic (exact) mass is 561 g/mol. The van der Waals surface area contributed by atoms with Crippen molar-refractivity contribution in [3.63, 3.8) is 0 Å². The second kappa shape index (κ2) is 10.5. The molecule has 3 aliphatic rings. The minimum atomic E-state index is -4.62. The van der Waals surface area contributed by atoms with Crippen LogP contribution in [0.2, 0.25) is 5.02 Å². The topological polar surface area (TPSA) is 94.7 Å². The van der Waals surface area contributed by atoms with Crippen molar-refractivity contribution < 1.29 is 32.0 Å². The summed E-state index contributed by atoms with van der Waals surface area (Å²) in [7, 11) is 0. The molecule has 38 heavy (non-hydrogen) atoms. The van der Waals surface area contributed by atoms with E-state index in [-0.39, 0.29) is 54.7 Å². The number of hydrogen-bond donors (Lipinski definition) is 1. The number of rotatable bonds is 8. The fourth-order valence-electron chi connectivity index (χ4n) is 5.37. The normalized spacial score (nSPS) is 26.5. The Hall–Kier alpha value is -2.64. The maximum Gasteiger partial charge on any atom is 0.418 e. The molecule has 3 heterocycles. The second-order valence-corrected chi connectivity index (χ2v) is 10.5. The highest BCUT2D eigenvalue weighted by Gasteiger charge is 2.44. The Bertz CT molecular complexity index is 1190. The minimum absolute atomic E-state index is 0.0430. The van der Waals surface area contributed by atoms with E-state index < -0.39 is 40.8 Å². The summed E-state index contributed by atoms with van der Waals surface area (Å²) in [6.07, 6.45) is -3.29. The van der Waals surface area contributed by atoms with Crippen molar-refractivity contribution in [2.75, 3.05) is 38.2 Å². The summed E-state index contributed by atoms with van der Waals surface area (Å²) in [5.74, 6) is -0.604. The van der Waals surface area contributed by atoms with Crippen molar-refractivity contribution in [2.24, 2.45) is 5.92 Å². The number of nitrogens with zero attached hydrogens (tertiary/aromatic N) is 4. The third-order valence-corrected chi connectivity index (χ3v) is 7.83. The lowest BCUT2D eigenvalue weighted by Gasteiger charge is -2.25. The van der Waals surface area contributed by atoms with Gasteiger partial charge in [-0.05, 0) is 49.3 Å². The van der Waals surface area contributed by atoms with Gasteiger partial charge >= 0.3 is 12.0 Å². The van der Waals surface area contributed by atoms with E-state index in [1.54, 1.807) is 6.92 Å². The molecule has 3 fully saturated rings. The van der Waals surface area contributed by atoms with Crippen molar-refractivity contribution >= 4 is 23.1 Å². The van der Waals surface area contributed by atoms with Crippen LogP contribution in [0.25, 0.3) is 0 Å². The number of hydrogen-bond acceptors (Lipinski definition) is 7. The molecular weight excluding hydrogens is 534 g/mol. The van der Waals surface area contributed by atoms with E-state index in [2.05, 4.69) is 10.4 Å². The molecule has 4 atom stereocenters. The SMILES string of the molecule is Cc1nn(C2CCC2)c([N+](=O)[O-])c1OC[C@H]1CN(C2COCC2F)C[C@@H]1Nc1cc(Cl)ccc1C(F)(F)F. The zero-order chi connectivity index (χ0) is 27.2. The van der Waals surface area contributed by atoms with Crippen molar-refractivity contribution in [1.82, 2.24) is 14.7 Å². The van der Waals surface area contributed by atoms with Gasteiger partial charge in [-0.3, -0.25) is 4.90 Å². The molecule has 14 heteroatoms. The maximum absolute atomic E-state index is 14.5. The number of benzene rings is 1. The van der Waals surface area contributed by atoms with Gasteiger partial charge in [-0.25, -0.2) is 4.39 Å². The van der Waals surface area contributed by atoms with E-state index in [1.165, 1.54) is 16.8 Å². The molecule has 2 aromatic rings. The molecule has 0 radical (unpaired) electrons. The van der Waals surface area contributed by atoms with Gasteiger partial charge in [0.1, 0.15) is 17.9 Å². The van der Waals surface area contributed by atoms with Crippen molar-refractivity contribution in [2.45, 2.75) is 56.7 Å². The van der Waals surface area contributed by atoms with E-state index >= 15 is 0 Å². The number of aryl methyl sites for hydroxylation is 1. The summed E-state index contributed by atoms with van der Waals surface area (Å²) < 4.78 is 68.2. The predicted molar refractivity (Wildman–Crippen MR) is 130 cm³/mol. The first kappa shape index (κ1) is 26.9. The Morgan fingerprint density at radius 3 is 2.66 bits per heavy atom. The Morgan fingerprint density at radius 2 is 2.05 bits per heavy atom. The predicted octanol–water partition coefficient (Wildman–Crippen LogP) is 5.03. The summed E-state index contributed by atoms with van der Waals surface area (Å²) in [6, 6.07) is 2.11. The van der Waals surface area contributed by atoms with Crippen LogP contribution in [0.1, 0.15) is 36.6 Å². The number of aromatic nitrogens is 2. The fourth-order valence-corrected chi connectivity index (χ4v) is 5.55. The molecule has 5 rings (SSSR count). The minimum Gasteiger partial charge on any atom is -0.484 e. The molecule has 0 spiro atoms. The Morgan fingerprint density at radius 1 is 1.29 bits per heavy atom. The number of nitrogens with one attached hydrogen (secondary N) is 1. The van der Waals surface area contributed by atoms with Gasteiger partial charge in [-0.15, -0.1) is 4.68 Å². The molecular formula is C24H28ClF4N5O4. The summed E-state index contributed by atoms with van der Waals surface area (Å²) >= 11 is 6.01. The van der Waals surface area contributed by atoms with Crippen LogP contribution >= 0.6 is 11.6 Å². The number of alkyl halides is 4. The maximum atomic E-state index is 14.5. The second-order valence-electron chi connectivity index (χ2n) is 10.1. The summed E-state index contributed by atoms with van der Waals surface area (Å²) in [6.45, 7) is 2.24. The van der Waals surface area contributed by atoms with Gasteiger partial charge < -0.3 is 24.9 Å². The van der Waals surface area contributed by atoms with Crippen LogP contribution in [0.4, 0.5) is 29.1 Å². The molecule has 208 valence electrons. The van der Waals surface area contributed by atoms with Crippen LogP contribution in [0.5, 0.6) is 5.75 Å². The highest BCUT2D eigenvalue weighted by molar-refractivity contribution is 6.30. The number of likely N-dealkylation sites (tertiary alicyclic amines) is 1. The summed E-state index contributed by atoms with van der Waals surface area (Å²) in [5.41, 5.74) is -0.702. The van der Waals surface area contributed by atoms with Gasteiger partial charge in [0.15, 0.2) is 0 Å². The quantitative estimate of drug-likeness (QED) is 0.274. The first-order chi connectivity index (χ1) is 18.0. The van der Waals surface area contributed by atoms with Gasteiger partial charge in [-0.2, -0.15) is 13.2 Å². The molecule has 1 saturated carbocycles. The standard InChI is InChI=1S/C24H28ClF4N5O4/c1-13-22(23(34(35)36)33(31-13)16-3-2-4-16)38-10-14-8-32(21-12-37-11-18(21)26)9-20(14)30-19-7-15(25)5-6-17(19)24(27,28)29/h5-7,14,16,18,20-21,30H,2-4,8-12H2,1H3/t14-,18?,20+,21?/m1/s1. The number of ether oxygens (including phenoxy) is 2. The molecule has 1 aromatic heterocycles. The highest BCUT2D eigenvalue weighted by Crippen LogP contribution is 2.41. The number of nitro groups is 1. The van der Waals surface area contributed by atoms with Crippen LogP contribution in [-0.2, 0) is 10.9 Å². The lowest BCUT2D eigenvalue weighted by molar-refractivity contribution is -0.394. The Kier molecular flexibility index (Phi) is 7.44. The van der Waals surface area contributed by atoms with E-state index in [9.17, 15) is 27.7 Å². The first-order valence-corrected chi connectivity index (χ1v) is 12.9. The third kappa shape index (κ3) is 5.28. The average Bonchev–Trinajstić information content (AvgIpc) is 3.47. The van der Waals surface area contributed by atoms with Crippen molar-refractivity contribution in [3.8, 4) is 5.75 Å². The van der Waals surface area contributed by atoms with Gasteiger partial charge in [0.2, 0.25) is 5.75 Å². The zero-order valence-electron chi connectivity index (χ0n) is 20.6. The van der Waals surface area contributed by atoms with E-state index in [0.29, 0.717) is 12.2 Å². The van der Waals surface area contributed by atoms with Gasteiger partial charge in [0.25, 0.3) is 0 Å². The van der Waals surface area contributed by atoms with Crippen LogP contribution in [0.3, 0.4) is 0 Å². The Balaban J connectivity index is 1.40. The lowest BCUT2D eigenvalue weighted by atomic mass is 9.93. The first-order valence-electron chi connectivity index (χ1n) is 12.5. The molecule has 1 aromatic carbocycles. The van der Waals surface area contributed by atoms with E-state index in [0.717, 1.165) is 25.3 Å². The summed E-state index contributed by atoms with van der Waals surface area (Å²) in [5, 5.41) is 19.3. The molecule has 9 nitrogen and oxygen atoms in total. The molecule has 1 aliphatic carbocycles. The van der Waals surface area contributed by atoms with E-state index in [1.807, 2.05) is 4.90 Å². The largest absolute Gasteiger partial charge is 0.484 e. The van der Waals surface area contributed by atoms with Gasteiger partial charge in [0.05, 0.1) is 31.4 Å². The molecule has 2 saturated heterocycles. The fraction of sp³-hybridized carbons (Fsp3) is 0.625. The lowest BCUT2D eigenvalue weighted by Crippen LogP contribution is -2.41. The van der Waals surface area contributed by atoms with Crippen molar-refractivity contribution in [1.29, 1.82) is 0 Å². The molecule has 2 unspecified atom stereocenters.